The molecule has 36 heteroatoms. The molecule has 15 N–H and O–H groups in total. The van der Waals surface area contributed by atoms with Crippen molar-refractivity contribution >= 4 is 111 Å². The van der Waals surface area contributed by atoms with Crippen LogP contribution in [0.25, 0.3) is 22.3 Å². The number of carboxylic acids is 2. The lowest BCUT2D eigenvalue weighted by Gasteiger charge is -2.22. The van der Waals surface area contributed by atoms with Crippen molar-refractivity contribution in [1.29, 1.82) is 0 Å². The Balaban J connectivity index is 0.858. The zero-order valence-electron chi connectivity index (χ0n) is 58.4. The molecule has 5 amide bonds. The number of nitrogens with two attached hydrogens (primary N) is 4. The zero-order chi connectivity index (χ0) is 74.1. The predicted molar refractivity (Wildman–Crippen MR) is 388 cm³/mol. The molecule has 0 aliphatic rings. The average Bonchev–Trinajstić information content (AvgIpc) is 0.815. The molecule has 4 heterocycles. The first-order valence-electron chi connectivity index (χ1n) is 34.2. The molecule has 0 saturated carbocycles. The molecule has 0 aliphatic carbocycles. The number of hydrogen-bond donors (Lipinski definition) is 12. The highest BCUT2D eigenvalue weighted by Gasteiger charge is 2.24. The summed E-state index contributed by atoms with van der Waals surface area (Å²) < 4.78 is 33.2. The van der Waals surface area contributed by atoms with Gasteiger partial charge in [-0.2, -0.15) is 32.6 Å². The Labute approximate surface area is 602 Å². The van der Waals surface area contributed by atoms with Gasteiger partial charge >= 0.3 is 11.9 Å². The van der Waals surface area contributed by atoms with Crippen LogP contribution in [-0.4, -0.2) is 247 Å². The quantitative estimate of drug-likeness (QED) is 0.0191. The van der Waals surface area contributed by atoms with E-state index in [9.17, 15) is 43.8 Å². The first-order valence-corrected chi connectivity index (χ1v) is 34.8. The highest BCUT2D eigenvalue weighted by Crippen LogP contribution is 2.22. The van der Waals surface area contributed by atoms with Gasteiger partial charge in [0, 0.05) is 87.8 Å². The van der Waals surface area contributed by atoms with E-state index in [4.69, 9.17) is 51.4 Å². The minimum absolute atomic E-state index is 0.00827. The third kappa shape index (κ3) is 31.3. The average molecular weight is 1460 g/mol. The van der Waals surface area contributed by atoms with Crippen molar-refractivity contribution in [2.75, 3.05) is 171 Å². The number of ether oxygens (including phenoxy) is 6. The van der Waals surface area contributed by atoms with Crippen LogP contribution >= 0.6 is 12.6 Å². The number of amides is 5. The van der Waals surface area contributed by atoms with Gasteiger partial charge in [-0.15, -0.1) is 0 Å². The summed E-state index contributed by atoms with van der Waals surface area (Å²) in [5.41, 5.74) is 27.6. The van der Waals surface area contributed by atoms with Gasteiger partial charge in [0.2, 0.25) is 29.6 Å². The summed E-state index contributed by atoms with van der Waals surface area (Å²) >= 11 is 4.08. The second kappa shape index (κ2) is 46.1. The van der Waals surface area contributed by atoms with Crippen LogP contribution < -0.4 is 59.3 Å². The van der Waals surface area contributed by atoms with Crippen molar-refractivity contribution in [2.45, 2.75) is 95.8 Å². The summed E-state index contributed by atoms with van der Waals surface area (Å²) in [5.74, 6) is -3.73. The van der Waals surface area contributed by atoms with Crippen molar-refractivity contribution in [2.24, 2.45) is 0 Å². The lowest BCUT2D eigenvalue weighted by molar-refractivity contribution is -0.140. The van der Waals surface area contributed by atoms with E-state index >= 15 is 0 Å². The Bertz CT molecular complexity index is 3430. The molecule has 0 aliphatic heterocycles. The maximum absolute atomic E-state index is 13.2. The molecule has 0 bridgehead atoms. The maximum Gasteiger partial charge on any atom is 0.326 e. The molecule has 0 unspecified atom stereocenters. The van der Waals surface area contributed by atoms with Crippen LogP contribution in [0.1, 0.15) is 103 Å². The highest BCUT2D eigenvalue weighted by molar-refractivity contribution is 7.80. The first kappa shape index (κ1) is 82.4. The number of unbranched alkanes of at least 4 members (excludes halogenated alkanes) is 4. The summed E-state index contributed by atoms with van der Waals surface area (Å²) in [7, 11) is 3.65. The van der Waals surface area contributed by atoms with E-state index in [1.807, 2.05) is 23.9 Å². The Kier molecular flexibility index (Phi) is 36.9. The fourth-order valence-electron chi connectivity index (χ4n) is 10.2. The van der Waals surface area contributed by atoms with E-state index in [2.05, 4.69) is 84.0 Å². The molecule has 103 heavy (non-hydrogen) atoms. The number of carbonyl (C=O) groups is 7. The molecule has 0 saturated heterocycles. The standard InChI is InChI=1S/C67H98N20O15S/c1-85(43-47-41-75-60-56(77-47)58(68)81-66(70)83-60)49-13-9-45(10-14-49)62(91)79-51(64(93)94)17-19-53(88)72-22-5-3-7-25-87(27-30-99-33-32-98-29-24-74-55(90)21-28-97-31-34-100-35-36-101-37-38-102-39-40-103)26-8-4-6-23-73-54(89)20-18-52(65(95)96)80-63(92)46-11-15-50(16-12-46)86(2)44-48-42-76-61-57(78-48)59(69)82-67(71)84-61/h9-16,41-42,51-52,103H,3-8,17-40,43-44H2,1-2H3,(H,72,88)(H,73,89)(H,74,90)(H,79,91)(H,80,92)(H,93,94)(H,95,96)(H4,68,70,75,81,83)(H4,69,71,76,82,84)/t51-,52-/m0/s1. The topological polar surface area (TPSA) is 492 Å². The van der Waals surface area contributed by atoms with Crippen LogP contribution in [-0.2, 0) is 65.5 Å². The second-order valence-electron chi connectivity index (χ2n) is 23.8. The van der Waals surface area contributed by atoms with Crippen molar-refractivity contribution in [3.63, 3.8) is 0 Å². The van der Waals surface area contributed by atoms with Crippen LogP contribution in [0.5, 0.6) is 0 Å². The van der Waals surface area contributed by atoms with Gasteiger partial charge in [0.25, 0.3) is 11.8 Å². The largest absolute Gasteiger partial charge is 0.480 e. The molecule has 2 atom stereocenters. The second-order valence-corrected chi connectivity index (χ2v) is 24.2. The SMILES string of the molecule is CN(Cc1cnc2nc(N)nc(N)c2n1)c1ccc(C(=O)N[C@@H](CCC(=O)NCCCCCN(CCCCCNC(=O)CC[C@H](NC(=O)c2ccc(N(C)Cc3cnc4nc(N)nc(N)c4n3)cc2)C(=O)O)CCOCCOCCNC(=O)CCOCCOCCOCCOCCS)C(=O)O)cc1. The Morgan fingerprint density at radius 3 is 1.27 bits per heavy atom. The molecule has 6 rings (SSSR count). The van der Waals surface area contributed by atoms with E-state index in [0.717, 1.165) is 50.1 Å². The van der Waals surface area contributed by atoms with Crippen LogP contribution in [0.15, 0.2) is 60.9 Å². The third-order valence-corrected chi connectivity index (χ3v) is 15.9. The van der Waals surface area contributed by atoms with Gasteiger partial charge in [-0.25, -0.2) is 29.5 Å². The normalized spacial score (nSPS) is 11.9. The molecule has 6 aromatic rings. The lowest BCUT2D eigenvalue weighted by atomic mass is 10.1. The number of carboxylic acid groups (broad SMARTS) is 2. The number of carbonyl (C=O) groups excluding carboxylic acids is 5. The fraction of sp³-hybridized carbons (Fsp3) is 0.537. The van der Waals surface area contributed by atoms with E-state index in [1.165, 1.54) is 0 Å². The molecule has 4 aromatic heterocycles. The number of nitrogen functional groups attached to an aromatic ring is 4. The number of aromatic nitrogens is 8. The van der Waals surface area contributed by atoms with Crippen molar-refractivity contribution in [3.8, 4) is 0 Å². The molecule has 0 fully saturated rings. The van der Waals surface area contributed by atoms with Gasteiger partial charge in [-0.1, -0.05) is 12.8 Å². The molecular formula is C67H98N20O15S. The number of thiol groups is 1. The van der Waals surface area contributed by atoms with Crippen LogP contribution in [0.4, 0.5) is 34.9 Å². The Morgan fingerprint density at radius 1 is 0.456 bits per heavy atom. The summed E-state index contributed by atoms with van der Waals surface area (Å²) in [6.07, 6.45) is 7.37. The number of hydrogen-bond acceptors (Lipinski definition) is 29. The Morgan fingerprint density at radius 2 is 0.845 bits per heavy atom. The van der Waals surface area contributed by atoms with Crippen LogP contribution in [0.3, 0.4) is 0 Å². The number of nitrogens with zero attached hydrogens (tertiary/aromatic N) is 11. The monoisotopic (exact) mass is 1450 g/mol. The third-order valence-electron chi connectivity index (χ3n) is 15.7. The van der Waals surface area contributed by atoms with E-state index in [1.54, 1.807) is 60.9 Å². The number of aliphatic carboxylic acids is 2. The summed E-state index contributed by atoms with van der Waals surface area (Å²) in [5, 5.41) is 33.5. The van der Waals surface area contributed by atoms with Crippen LogP contribution in [0.2, 0.25) is 0 Å². The molecule has 35 nitrogen and oxygen atoms in total. The van der Waals surface area contributed by atoms with Gasteiger partial charge in [0.15, 0.2) is 34.0 Å². The number of rotatable bonds is 53. The van der Waals surface area contributed by atoms with Gasteiger partial charge in [-0.3, -0.25) is 24.0 Å². The lowest BCUT2D eigenvalue weighted by Crippen LogP contribution is -2.41. The number of nitrogens with one attached hydrogen (secondary N) is 5. The molecule has 0 spiro atoms. The maximum atomic E-state index is 13.2. The minimum Gasteiger partial charge on any atom is -0.480 e. The van der Waals surface area contributed by atoms with Crippen LogP contribution in [0, 0.1) is 0 Å². The Hall–Kier alpha value is -9.56. The number of fused-ring (bicyclic) bond motifs is 2. The molecule has 2 aromatic carbocycles. The molecule has 562 valence electrons. The van der Waals surface area contributed by atoms with Crippen molar-refractivity contribution < 1.29 is 72.2 Å². The molecule has 0 radical (unpaired) electrons. The van der Waals surface area contributed by atoms with Gasteiger partial charge in [0.05, 0.1) is 116 Å². The van der Waals surface area contributed by atoms with E-state index in [-0.39, 0.29) is 102 Å². The molecular weight excluding hydrogens is 1360 g/mol. The smallest absolute Gasteiger partial charge is 0.326 e. The van der Waals surface area contributed by atoms with Crippen molar-refractivity contribution in [1.82, 2.24) is 71.4 Å². The van der Waals surface area contributed by atoms with Gasteiger partial charge in [0.1, 0.15) is 12.1 Å². The fourth-order valence-corrected chi connectivity index (χ4v) is 10.3. The first-order chi connectivity index (χ1) is 49.8. The number of anilines is 6. The van der Waals surface area contributed by atoms with E-state index in [0.29, 0.717) is 153 Å². The van der Waals surface area contributed by atoms with Crippen molar-refractivity contribution in [3.05, 3.63) is 83.4 Å². The highest BCUT2D eigenvalue weighted by atomic mass is 32.1. The van der Waals surface area contributed by atoms with E-state index < -0.39 is 35.8 Å². The summed E-state index contributed by atoms with van der Waals surface area (Å²) in [6.45, 7) is 8.79. The van der Waals surface area contributed by atoms with Gasteiger partial charge < -0.3 is 103 Å². The van der Waals surface area contributed by atoms with Gasteiger partial charge in [-0.05, 0) is 100 Å². The minimum atomic E-state index is -1.31. The predicted octanol–water partition coefficient (Wildman–Crippen LogP) is 1.79. The summed E-state index contributed by atoms with van der Waals surface area (Å²) in [6, 6.07) is 10.5. The number of benzene rings is 2. The summed E-state index contributed by atoms with van der Waals surface area (Å²) in [4.78, 5) is 128. The zero-order valence-corrected chi connectivity index (χ0v) is 59.3.